The number of aromatic nitrogens is 1. The van der Waals surface area contributed by atoms with Crippen molar-refractivity contribution >= 4 is 68.7 Å². The molecular weight excluding hydrogens is 534 g/mol. The number of hydrogen-bond donors (Lipinski definition) is 1. The van der Waals surface area contributed by atoms with Gasteiger partial charge in [0.25, 0.3) is 5.91 Å². The molecule has 4 aliphatic carbocycles. The molecule has 2 amide bonds. The number of hydrogen-bond acceptors (Lipinski definition) is 4. The fraction of sp³-hybridized carbons (Fsp3) is 0.367. The van der Waals surface area contributed by atoms with Crippen LogP contribution in [0.1, 0.15) is 49.7 Å². The Morgan fingerprint density at radius 1 is 1.05 bits per heavy atom. The van der Waals surface area contributed by atoms with Gasteiger partial charge in [-0.3, -0.25) is 15.0 Å². The molecule has 1 saturated heterocycles. The van der Waals surface area contributed by atoms with Crippen molar-refractivity contribution in [2.75, 3.05) is 0 Å². The summed E-state index contributed by atoms with van der Waals surface area (Å²) in [5, 5.41) is 3.07. The Morgan fingerprint density at radius 3 is 2.42 bits per heavy atom. The number of nitrogens with zero attached hydrogens (tertiary/aromatic N) is 2. The van der Waals surface area contributed by atoms with Gasteiger partial charge in [-0.15, -0.1) is 0 Å². The number of nitrogens with one attached hydrogen (secondary N) is 1. The Kier molecular flexibility index (Phi) is 5.95. The van der Waals surface area contributed by atoms with Crippen LogP contribution in [-0.4, -0.2) is 25.7 Å². The summed E-state index contributed by atoms with van der Waals surface area (Å²) in [6.45, 7) is 0.621. The van der Waals surface area contributed by atoms with Crippen molar-refractivity contribution in [1.29, 1.82) is 0 Å². The molecule has 5 aliphatic rings. The number of hydrazine groups is 1. The number of para-hydroxylation sites is 1. The highest BCUT2D eigenvalue weighted by Crippen LogP contribution is 2.60. The molecule has 1 aromatic heterocycles. The van der Waals surface area contributed by atoms with E-state index in [0.717, 1.165) is 46.3 Å². The first-order valence-corrected chi connectivity index (χ1v) is 14.9. The average molecular weight is 562 g/mol. The molecule has 1 N–H and O–H groups in total. The largest absolute Gasteiger partial charge is 0.342 e. The summed E-state index contributed by atoms with van der Waals surface area (Å²) < 4.78 is 2.52. The van der Waals surface area contributed by atoms with Gasteiger partial charge in [-0.25, -0.2) is 0 Å². The van der Waals surface area contributed by atoms with E-state index < -0.39 is 0 Å². The van der Waals surface area contributed by atoms with Crippen LogP contribution < -0.4 is 5.43 Å². The number of fused-ring (bicyclic) bond motifs is 1. The SMILES string of the molecule is O=C1/C(=C\c2cn(Cc3ccccc3Cl)c3ccccc23)SC(=S)N1NC(=O)C12CC3CC(CC(C3)C1)C2. The van der Waals surface area contributed by atoms with Crippen LogP contribution in [0.2, 0.25) is 5.02 Å². The number of carbonyl (C=O) groups excluding carboxylic acids is 2. The standard InChI is InChI=1S/C30H28ClN3O2S2/c31-24-7-3-1-5-21(24)16-33-17-22(23-6-2-4-8-25(23)33)12-26-27(35)34(29(37)38-26)32-28(36)30-13-18-9-19(14-30)11-20(10-18)15-30/h1-8,12,17-20H,9-11,13-16H2,(H,32,36)/b26-12+. The molecule has 194 valence electrons. The zero-order valence-corrected chi connectivity index (χ0v) is 23.2. The highest BCUT2D eigenvalue weighted by Gasteiger charge is 2.55. The minimum atomic E-state index is -0.339. The maximum atomic E-state index is 13.6. The third-order valence-corrected chi connectivity index (χ3v) is 10.6. The van der Waals surface area contributed by atoms with Gasteiger partial charge in [0.05, 0.1) is 10.3 Å². The lowest BCUT2D eigenvalue weighted by atomic mass is 9.49. The lowest BCUT2D eigenvalue weighted by molar-refractivity contribution is -0.152. The minimum absolute atomic E-state index is 0.0227. The molecule has 8 rings (SSSR count). The van der Waals surface area contributed by atoms with Crippen LogP contribution in [0.25, 0.3) is 17.0 Å². The highest BCUT2D eigenvalue weighted by molar-refractivity contribution is 8.26. The minimum Gasteiger partial charge on any atom is -0.342 e. The van der Waals surface area contributed by atoms with Crippen LogP contribution in [0.15, 0.2) is 59.6 Å². The number of thioether (sulfide) groups is 1. The molecule has 0 radical (unpaired) electrons. The monoisotopic (exact) mass is 561 g/mol. The molecule has 3 aromatic rings. The van der Waals surface area contributed by atoms with E-state index in [1.165, 1.54) is 36.0 Å². The molecule has 8 heteroatoms. The Labute approximate surface area is 236 Å². The summed E-state index contributed by atoms with van der Waals surface area (Å²) in [6.07, 6.45) is 10.6. The second kappa shape index (κ2) is 9.25. The Morgan fingerprint density at radius 2 is 1.71 bits per heavy atom. The molecule has 4 bridgehead atoms. The van der Waals surface area contributed by atoms with Crippen LogP contribution >= 0.6 is 35.6 Å². The molecule has 0 spiro atoms. The molecular formula is C30H28ClN3O2S2. The van der Waals surface area contributed by atoms with Gasteiger partial charge < -0.3 is 4.57 Å². The Bertz CT molecular complexity index is 1490. The van der Waals surface area contributed by atoms with Crippen molar-refractivity contribution in [3.8, 4) is 0 Å². The van der Waals surface area contributed by atoms with Crippen LogP contribution in [0.3, 0.4) is 0 Å². The molecule has 4 saturated carbocycles. The van der Waals surface area contributed by atoms with Crippen molar-refractivity contribution < 1.29 is 9.59 Å². The van der Waals surface area contributed by atoms with E-state index >= 15 is 0 Å². The highest BCUT2D eigenvalue weighted by atomic mass is 35.5. The van der Waals surface area contributed by atoms with E-state index in [0.29, 0.717) is 33.5 Å². The van der Waals surface area contributed by atoms with Gasteiger partial charge >= 0.3 is 0 Å². The number of carbonyl (C=O) groups is 2. The normalized spacial score (nSPS) is 29.1. The topological polar surface area (TPSA) is 54.3 Å². The molecule has 38 heavy (non-hydrogen) atoms. The smallest absolute Gasteiger partial charge is 0.285 e. The van der Waals surface area contributed by atoms with E-state index in [2.05, 4.69) is 28.3 Å². The molecule has 0 unspecified atom stereocenters. The van der Waals surface area contributed by atoms with Gasteiger partial charge in [0, 0.05) is 34.2 Å². The second-order valence-electron chi connectivity index (χ2n) is 11.5. The van der Waals surface area contributed by atoms with E-state index in [9.17, 15) is 9.59 Å². The van der Waals surface area contributed by atoms with E-state index in [-0.39, 0.29) is 17.2 Å². The number of halogens is 1. The van der Waals surface area contributed by atoms with Crippen molar-refractivity contribution in [2.45, 2.75) is 45.1 Å². The van der Waals surface area contributed by atoms with Gasteiger partial charge in [-0.2, -0.15) is 5.01 Å². The third kappa shape index (κ3) is 4.10. The van der Waals surface area contributed by atoms with Crippen LogP contribution in [0.4, 0.5) is 0 Å². The molecule has 1 aliphatic heterocycles. The van der Waals surface area contributed by atoms with Crippen LogP contribution in [-0.2, 0) is 16.1 Å². The number of amides is 2. The van der Waals surface area contributed by atoms with E-state index in [1.54, 1.807) is 0 Å². The maximum Gasteiger partial charge on any atom is 0.285 e. The Balaban J connectivity index is 1.15. The van der Waals surface area contributed by atoms with Gasteiger partial charge in [-0.1, -0.05) is 59.8 Å². The van der Waals surface area contributed by atoms with Gasteiger partial charge in [-0.05, 0) is 92.3 Å². The molecule has 2 heterocycles. The predicted molar refractivity (Wildman–Crippen MR) is 156 cm³/mol. The molecule has 0 atom stereocenters. The van der Waals surface area contributed by atoms with Crippen molar-refractivity contribution in [2.24, 2.45) is 23.2 Å². The van der Waals surface area contributed by atoms with Gasteiger partial charge in [0.15, 0.2) is 4.32 Å². The lowest BCUT2D eigenvalue weighted by Crippen LogP contribution is -2.57. The predicted octanol–water partition coefficient (Wildman–Crippen LogP) is 6.79. The van der Waals surface area contributed by atoms with Crippen LogP contribution in [0, 0.1) is 23.2 Å². The number of benzene rings is 2. The number of thiocarbonyl (C=S) groups is 1. The zero-order chi connectivity index (χ0) is 26.0. The molecule has 5 nitrogen and oxygen atoms in total. The first-order valence-electron chi connectivity index (χ1n) is 13.3. The van der Waals surface area contributed by atoms with Gasteiger partial charge in [0.2, 0.25) is 5.91 Å². The quantitative estimate of drug-likeness (QED) is 0.275. The van der Waals surface area contributed by atoms with E-state index in [1.807, 2.05) is 42.5 Å². The summed E-state index contributed by atoms with van der Waals surface area (Å²) in [4.78, 5) is 27.6. The molecule has 5 fully saturated rings. The average Bonchev–Trinajstić information content (AvgIpc) is 3.36. The first-order chi connectivity index (χ1) is 18.4. The fourth-order valence-corrected chi connectivity index (χ4v) is 9.01. The summed E-state index contributed by atoms with van der Waals surface area (Å²) >= 11 is 13.2. The zero-order valence-electron chi connectivity index (χ0n) is 20.9. The third-order valence-electron chi connectivity index (χ3n) is 8.93. The van der Waals surface area contributed by atoms with Gasteiger partial charge in [0.1, 0.15) is 0 Å². The van der Waals surface area contributed by atoms with Crippen molar-refractivity contribution in [3.63, 3.8) is 0 Å². The molecule has 2 aromatic carbocycles. The lowest BCUT2D eigenvalue weighted by Gasteiger charge is -2.55. The number of rotatable bonds is 5. The second-order valence-corrected chi connectivity index (χ2v) is 13.6. The summed E-state index contributed by atoms with van der Waals surface area (Å²) in [5.41, 5.74) is 5.63. The summed E-state index contributed by atoms with van der Waals surface area (Å²) in [5.74, 6) is 1.68. The first kappa shape index (κ1) is 24.4. The van der Waals surface area contributed by atoms with Crippen molar-refractivity contribution in [3.05, 3.63) is 75.8 Å². The van der Waals surface area contributed by atoms with Crippen molar-refractivity contribution in [1.82, 2.24) is 15.0 Å². The van der Waals surface area contributed by atoms with Crippen LogP contribution in [0.5, 0.6) is 0 Å². The maximum absolute atomic E-state index is 13.6. The van der Waals surface area contributed by atoms with E-state index in [4.69, 9.17) is 23.8 Å². The summed E-state index contributed by atoms with van der Waals surface area (Å²) in [6, 6.07) is 16.0. The fourth-order valence-electron chi connectivity index (χ4n) is 7.65. The Hall–Kier alpha value is -2.61. The summed E-state index contributed by atoms with van der Waals surface area (Å²) in [7, 11) is 0.